The minimum absolute atomic E-state index is 0.212. The molecule has 2 aromatic carbocycles. The fourth-order valence-electron chi connectivity index (χ4n) is 5.41. The van der Waals surface area contributed by atoms with Crippen LogP contribution in [-0.4, -0.2) is 42.5 Å². The number of carbonyl (C=O) groups is 1. The van der Waals surface area contributed by atoms with Crippen LogP contribution in [0, 0.1) is 36.2 Å². The fourth-order valence-corrected chi connectivity index (χ4v) is 5.41. The van der Waals surface area contributed by atoms with E-state index in [1.54, 1.807) is 25.1 Å². The Morgan fingerprint density at radius 2 is 1.92 bits per heavy atom. The third-order valence-corrected chi connectivity index (χ3v) is 7.75. The van der Waals surface area contributed by atoms with Crippen molar-refractivity contribution in [1.29, 1.82) is 5.26 Å². The topological polar surface area (TPSA) is 86.3 Å². The summed E-state index contributed by atoms with van der Waals surface area (Å²) in [5.74, 6) is -0.454. The second-order valence-electron chi connectivity index (χ2n) is 10.4. The highest BCUT2D eigenvalue weighted by Crippen LogP contribution is 2.27. The maximum absolute atomic E-state index is 13.9. The van der Waals surface area contributed by atoms with Crippen molar-refractivity contribution in [3.05, 3.63) is 99.8 Å². The van der Waals surface area contributed by atoms with Crippen LogP contribution >= 0.6 is 0 Å². The second kappa shape index (κ2) is 12.7. The molecule has 8 heteroatoms. The molecule has 0 aliphatic carbocycles. The van der Waals surface area contributed by atoms with E-state index in [4.69, 9.17) is 0 Å². The van der Waals surface area contributed by atoms with Crippen LogP contribution in [0.2, 0.25) is 0 Å². The lowest BCUT2D eigenvalue weighted by Crippen LogP contribution is -2.48. The molecule has 0 bridgehead atoms. The Labute approximate surface area is 230 Å². The van der Waals surface area contributed by atoms with Crippen molar-refractivity contribution in [2.75, 3.05) is 24.5 Å². The molecule has 3 aromatic rings. The number of anilines is 1. The SMILES string of the molecule is Cc1cc[n+]([O-])c(C)c1C(=O)NCCC(C)N1CCC(N(Cc2cccc(F)c2)c2ccc(C#N)cc2)CC1. The molecular formula is C31H36FN5O2. The van der Waals surface area contributed by atoms with E-state index in [2.05, 4.69) is 28.1 Å². The monoisotopic (exact) mass is 529 g/mol. The number of aromatic nitrogens is 1. The first-order valence-corrected chi connectivity index (χ1v) is 13.5. The summed E-state index contributed by atoms with van der Waals surface area (Å²) < 4.78 is 14.6. The molecule has 1 aliphatic heterocycles. The Bertz CT molecular complexity index is 1330. The number of hydrogen-bond acceptors (Lipinski definition) is 5. The number of aryl methyl sites for hydroxylation is 1. The smallest absolute Gasteiger partial charge is 0.257 e. The van der Waals surface area contributed by atoms with Crippen molar-refractivity contribution in [2.24, 2.45) is 0 Å². The van der Waals surface area contributed by atoms with Crippen molar-refractivity contribution in [3.63, 3.8) is 0 Å². The van der Waals surface area contributed by atoms with Crippen LogP contribution in [0.25, 0.3) is 0 Å². The molecule has 1 aliphatic rings. The van der Waals surface area contributed by atoms with Crippen LogP contribution < -0.4 is 14.9 Å². The highest BCUT2D eigenvalue weighted by atomic mass is 19.1. The molecule has 39 heavy (non-hydrogen) atoms. The number of nitrogens with one attached hydrogen (secondary N) is 1. The quantitative estimate of drug-likeness (QED) is 0.323. The highest BCUT2D eigenvalue weighted by Gasteiger charge is 2.27. The summed E-state index contributed by atoms with van der Waals surface area (Å²) in [6.07, 6.45) is 4.14. The van der Waals surface area contributed by atoms with E-state index >= 15 is 0 Å². The number of nitriles is 1. The summed E-state index contributed by atoms with van der Waals surface area (Å²) >= 11 is 0. The summed E-state index contributed by atoms with van der Waals surface area (Å²) in [7, 11) is 0. The van der Waals surface area contributed by atoms with Gasteiger partial charge in [0.2, 0.25) is 5.69 Å². The Morgan fingerprint density at radius 3 is 2.59 bits per heavy atom. The Kier molecular flexibility index (Phi) is 9.15. The Hall–Kier alpha value is -3.96. The summed E-state index contributed by atoms with van der Waals surface area (Å²) in [5.41, 5.74) is 4.20. The predicted molar refractivity (Wildman–Crippen MR) is 150 cm³/mol. The molecule has 0 radical (unpaired) electrons. The van der Waals surface area contributed by atoms with Gasteiger partial charge in [0.05, 0.1) is 11.6 Å². The lowest BCUT2D eigenvalue weighted by atomic mass is 9.99. The number of halogens is 1. The van der Waals surface area contributed by atoms with E-state index in [0.717, 1.165) is 53.9 Å². The Balaban J connectivity index is 1.35. The van der Waals surface area contributed by atoms with E-state index in [-0.39, 0.29) is 17.8 Å². The van der Waals surface area contributed by atoms with Gasteiger partial charge in [0.25, 0.3) is 5.91 Å². The normalized spacial score (nSPS) is 14.9. The van der Waals surface area contributed by atoms with Crippen LogP contribution in [0.15, 0.2) is 60.8 Å². The number of likely N-dealkylation sites (tertiary alicyclic amines) is 1. The molecule has 1 fully saturated rings. The first-order valence-electron chi connectivity index (χ1n) is 13.5. The van der Waals surface area contributed by atoms with Crippen molar-refractivity contribution >= 4 is 11.6 Å². The van der Waals surface area contributed by atoms with E-state index < -0.39 is 0 Å². The third kappa shape index (κ3) is 6.92. The average molecular weight is 530 g/mol. The number of carbonyl (C=O) groups excluding carboxylic acids is 1. The van der Waals surface area contributed by atoms with Crippen molar-refractivity contribution in [3.8, 4) is 6.07 Å². The lowest BCUT2D eigenvalue weighted by Gasteiger charge is -2.42. The van der Waals surface area contributed by atoms with E-state index in [1.165, 1.54) is 12.3 Å². The highest BCUT2D eigenvalue weighted by molar-refractivity contribution is 5.96. The van der Waals surface area contributed by atoms with Gasteiger partial charge in [0.1, 0.15) is 11.4 Å². The van der Waals surface area contributed by atoms with Crippen LogP contribution in [0.1, 0.15) is 58.9 Å². The first-order chi connectivity index (χ1) is 18.8. The summed E-state index contributed by atoms with van der Waals surface area (Å²) in [4.78, 5) is 17.5. The maximum atomic E-state index is 13.9. The van der Waals surface area contributed by atoms with Crippen LogP contribution in [0.3, 0.4) is 0 Å². The first kappa shape index (κ1) is 28.1. The van der Waals surface area contributed by atoms with Gasteiger partial charge in [-0.25, -0.2) is 4.39 Å². The standard InChI is InChI=1S/C31H36FN5O2/c1-22-12-18-37(39)24(3)30(22)31(38)34-15-11-23(2)35-16-13-29(14-17-35)36(21-26-5-4-6-27(32)19-26)28-9-7-25(20-33)8-10-28/h4-10,12,18-19,23,29H,11,13-17,21H2,1-3H3,(H,34,38). The van der Waals surface area contributed by atoms with E-state index in [9.17, 15) is 19.7 Å². The van der Waals surface area contributed by atoms with Crippen molar-refractivity contribution < 1.29 is 13.9 Å². The van der Waals surface area contributed by atoms with Gasteiger partial charge in [-0.2, -0.15) is 9.99 Å². The molecule has 1 N–H and O–H groups in total. The minimum Gasteiger partial charge on any atom is -0.618 e. The second-order valence-corrected chi connectivity index (χ2v) is 10.4. The third-order valence-electron chi connectivity index (χ3n) is 7.75. The van der Waals surface area contributed by atoms with Gasteiger partial charge in [0.15, 0.2) is 6.20 Å². The Morgan fingerprint density at radius 1 is 1.21 bits per heavy atom. The molecule has 4 rings (SSSR count). The van der Waals surface area contributed by atoms with Gasteiger partial charge in [-0.15, -0.1) is 0 Å². The van der Waals surface area contributed by atoms with Gasteiger partial charge in [-0.3, -0.25) is 4.79 Å². The van der Waals surface area contributed by atoms with Crippen molar-refractivity contribution in [1.82, 2.24) is 10.2 Å². The fraction of sp³-hybridized carbons (Fsp3) is 0.387. The zero-order valence-corrected chi connectivity index (χ0v) is 22.9. The molecule has 1 saturated heterocycles. The maximum Gasteiger partial charge on any atom is 0.257 e. The minimum atomic E-state index is -0.243. The number of nitrogens with zero attached hydrogens (tertiary/aromatic N) is 4. The largest absolute Gasteiger partial charge is 0.618 e. The van der Waals surface area contributed by atoms with Crippen molar-refractivity contribution in [2.45, 2.75) is 58.7 Å². The molecule has 0 saturated carbocycles. The molecule has 1 unspecified atom stereocenters. The molecule has 0 spiro atoms. The molecule has 1 atom stereocenters. The summed E-state index contributed by atoms with van der Waals surface area (Å²) in [5, 5.41) is 24.1. The zero-order valence-electron chi connectivity index (χ0n) is 22.9. The molecule has 2 heterocycles. The van der Waals surface area contributed by atoms with Gasteiger partial charge in [-0.1, -0.05) is 12.1 Å². The molecule has 1 amide bonds. The van der Waals surface area contributed by atoms with Crippen LogP contribution in [-0.2, 0) is 6.54 Å². The number of benzene rings is 2. The van der Waals surface area contributed by atoms with E-state index in [0.29, 0.717) is 36.0 Å². The summed E-state index contributed by atoms with van der Waals surface area (Å²) in [6.45, 7) is 8.65. The molecule has 204 valence electrons. The molecular weight excluding hydrogens is 493 g/mol. The van der Waals surface area contributed by atoms with Gasteiger partial charge in [-0.05, 0) is 80.6 Å². The number of piperidine rings is 1. The van der Waals surface area contributed by atoms with Gasteiger partial charge in [0, 0.05) is 56.9 Å². The number of rotatable bonds is 9. The van der Waals surface area contributed by atoms with Gasteiger partial charge >= 0.3 is 0 Å². The predicted octanol–water partition coefficient (Wildman–Crippen LogP) is 4.63. The zero-order chi connectivity index (χ0) is 27.9. The lowest BCUT2D eigenvalue weighted by molar-refractivity contribution is -0.612. The number of pyridine rings is 1. The summed E-state index contributed by atoms with van der Waals surface area (Å²) in [6, 6.07) is 18.7. The average Bonchev–Trinajstić information content (AvgIpc) is 2.94. The van der Waals surface area contributed by atoms with Crippen LogP contribution in [0.4, 0.5) is 10.1 Å². The number of hydrogen-bond donors (Lipinski definition) is 1. The molecule has 1 aromatic heterocycles. The number of amides is 1. The van der Waals surface area contributed by atoms with E-state index in [1.807, 2.05) is 37.3 Å². The van der Waals surface area contributed by atoms with Gasteiger partial charge < -0.3 is 20.3 Å². The molecule has 7 nitrogen and oxygen atoms in total. The van der Waals surface area contributed by atoms with Crippen LogP contribution in [0.5, 0.6) is 0 Å².